The van der Waals surface area contributed by atoms with Crippen molar-refractivity contribution in [2.24, 2.45) is 0 Å². The van der Waals surface area contributed by atoms with E-state index in [1.807, 2.05) is 0 Å². The Morgan fingerprint density at radius 1 is 1.50 bits per heavy atom. The summed E-state index contributed by atoms with van der Waals surface area (Å²) < 4.78 is 18.3. The van der Waals surface area contributed by atoms with Gasteiger partial charge in [0.15, 0.2) is 0 Å². The van der Waals surface area contributed by atoms with Crippen LogP contribution in [-0.2, 0) is 4.74 Å². The largest absolute Gasteiger partial charge is 0.453 e. The van der Waals surface area contributed by atoms with Crippen molar-refractivity contribution in [3.05, 3.63) is 34.1 Å². The van der Waals surface area contributed by atoms with Crippen LogP contribution in [0.1, 0.15) is 16.8 Å². The molecule has 0 spiro atoms. The molecule has 1 heterocycles. The predicted octanol–water partition coefficient (Wildman–Crippen LogP) is 2.16. The van der Waals surface area contributed by atoms with Gasteiger partial charge in [0.25, 0.3) is 5.91 Å². The number of alkyl carbamates (subject to hydrolysis) is 1. The Kier molecular flexibility index (Phi) is 4.59. The van der Waals surface area contributed by atoms with E-state index in [0.717, 1.165) is 0 Å². The van der Waals surface area contributed by atoms with E-state index in [4.69, 9.17) is 0 Å². The zero-order valence-corrected chi connectivity index (χ0v) is 12.4. The highest BCUT2D eigenvalue weighted by atomic mass is 79.9. The average molecular weight is 345 g/mol. The fourth-order valence-corrected chi connectivity index (χ4v) is 2.35. The van der Waals surface area contributed by atoms with E-state index in [9.17, 15) is 14.0 Å². The van der Waals surface area contributed by atoms with Crippen LogP contribution in [0.15, 0.2) is 22.7 Å². The van der Waals surface area contributed by atoms with Crippen molar-refractivity contribution < 1.29 is 18.7 Å². The molecule has 1 N–H and O–H groups in total. The zero-order valence-electron chi connectivity index (χ0n) is 10.9. The van der Waals surface area contributed by atoms with Gasteiger partial charge >= 0.3 is 6.09 Å². The third kappa shape index (κ3) is 3.27. The number of likely N-dealkylation sites (tertiary alicyclic amines) is 1. The Labute approximate surface area is 124 Å². The van der Waals surface area contributed by atoms with E-state index in [2.05, 4.69) is 26.0 Å². The molecule has 1 unspecified atom stereocenters. The molecular weight excluding hydrogens is 331 g/mol. The second kappa shape index (κ2) is 6.21. The SMILES string of the molecule is COC(=O)NC1CCN(C(=O)c2ccc(Br)c(F)c2)C1. The van der Waals surface area contributed by atoms with Crippen LogP contribution in [-0.4, -0.2) is 43.1 Å². The van der Waals surface area contributed by atoms with Crippen molar-refractivity contribution in [3.8, 4) is 0 Å². The van der Waals surface area contributed by atoms with Crippen LogP contribution < -0.4 is 5.32 Å². The molecule has 1 aliphatic heterocycles. The highest BCUT2D eigenvalue weighted by molar-refractivity contribution is 9.10. The molecule has 0 bridgehead atoms. The second-order valence-electron chi connectivity index (χ2n) is 4.50. The first kappa shape index (κ1) is 14.8. The van der Waals surface area contributed by atoms with E-state index in [0.29, 0.717) is 29.5 Å². The van der Waals surface area contributed by atoms with E-state index < -0.39 is 11.9 Å². The molecule has 20 heavy (non-hydrogen) atoms. The van der Waals surface area contributed by atoms with Crippen molar-refractivity contribution >= 4 is 27.9 Å². The van der Waals surface area contributed by atoms with E-state index in [-0.39, 0.29) is 11.9 Å². The van der Waals surface area contributed by atoms with Gasteiger partial charge in [-0.25, -0.2) is 9.18 Å². The number of carbonyl (C=O) groups is 2. The topological polar surface area (TPSA) is 58.6 Å². The van der Waals surface area contributed by atoms with Crippen molar-refractivity contribution in [2.45, 2.75) is 12.5 Å². The number of halogens is 2. The molecule has 0 saturated carbocycles. The number of rotatable bonds is 2. The summed E-state index contributed by atoms with van der Waals surface area (Å²) in [4.78, 5) is 24.9. The monoisotopic (exact) mass is 344 g/mol. The van der Waals surface area contributed by atoms with Gasteiger partial charge < -0.3 is 15.0 Å². The molecule has 1 aromatic rings. The predicted molar refractivity (Wildman–Crippen MR) is 73.9 cm³/mol. The summed E-state index contributed by atoms with van der Waals surface area (Å²) in [5.41, 5.74) is 0.296. The number of methoxy groups -OCH3 is 1. The van der Waals surface area contributed by atoms with Crippen LogP contribution in [0, 0.1) is 5.82 Å². The number of hydrogen-bond acceptors (Lipinski definition) is 3. The molecule has 7 heteroatoms. The van der Waals surface area contributed by atoms with Gasteiger partial charge in [0.05, 0.1) is 17.6 Å². The van der Waals surface area contributed by atoms with E-state index in [1.54, 1.807) is 11.0 Å². The third-order valence-electron chi connectivity index (χ3n) is 3.15. The summed E-state index contributed by atoms with van der Waals surface area (Å²) in [5.74, 6) is -0.718. The summed E-state index contributed by atoms with van der Waals surface area (Å²) in [6, 6.07) is 4.14. The van der Waals surface area contributed by atoms with Gasteiger partial charge in [-0.15, -0.1) is 0 Å². The molecule has 1 aromatic carbocycles. The average Bonchev–Trinajstić information content (AvgIpc) is 2.89. The van der Waals surface area contributed by atoms with Crippen molar-refractivity contribution in [3.63, 3.8) is 0 Å². The number of nitrogens with one attached hydrogen (secondary N) is 1. The number of carbonyl (C=O) groups excluding carboxylic acids is 2. The molecule has 1 atom stereocenters. The molecule has 108 valence electrons. The van der Waals surface area contributed by atoms with Crippen LogP contribution >= 0.6 is 15.9 Å². The number of hydrogen-bond donors (Lipinski definition) is 1. The lowest BCUT2D eigenvalue weighted by molar-refractivity contribution is 0.0787. The molecule has 5 nitrogen and oxygen atoms in total. The molecule has 1 fully saturated rings. The molecule has 1 saturated heterocycles. The summed E-state index contributed by atoms with van der Waals surface area (Å²) in [6.45, 7) is 0.913. The van der Waals surface area contributed by atoms with Gasteiger partial charge in [0.2, 0.25) is 0 Å². The van der Waals surface area contributed by atoms with Crippen molar-refractivity contribution in [2.75, 3.05) is 20.2 Å². The van der Waals surface area contributed by atoms with Crippen molar-refractivity contribution in [1.82, 2.24) is 10.2 Å². The lowest BCUT2D eigenvalue weighted by Gasteiger charge is -2.17. The number of nitrogens with zero attached hydrogens (tertiary/aromatic N) is 1. The lowest BCUT2D eigenvalue weighted by Crippen LogP contribution is -2.38. The van der Waals surface area contributed by atoms with Gasteiger partial charge in [-0.1, -0.05) is 0 Å². The second-order valence-corrected chi connectivity index (χ2v) is 5.36. The quantitative estimate of drug-likeness (QED) is 0.894. The first-order valence-corrected chi connectivity index (χ1v) is 6.89. The maximum atomic E-state index is 13.4. The Balaban J connectivity index is 2.00. The zero-order chi connectivity index (χ0) is 14.7. The van der Waals surface area contributed by atoms with Gasteiger partial charge in [0, 0.05) is 18.7 Å². The lowest BCUT2D eigenvalue weighted by atomic mass is 10.2. The van der Waals surface area contributed by atoms with Crippen molar-refractivity contribution in [1.29, 1.82) is 0 Å². The molecule has 2 rings (SSSR count). The van der Waals surface area contributed by atoms with Gasteiger partial charge in [0.1, 0.15) is 5.82 Å². The summed E-state index contributed by atoms with van der Waals surface area (Å²) in [6.07, 6.45) is 0.138. The minimum Gasteiger partial charge on any atom is -0.453 e. The van der Waals surface area contributed by atoms with Gasteiger partial charge in [-0.2, -0.15) is 0 Å². The standard InChI is InChI=1S/C13H14BrFN2O3/c1-20-13(19)16-9-4-5-17(7-9)12(18)8-2-3-10(14)11(15)6-8/h2-3,6,9H,4-5,7H2,1H3,(H,16,19). The highest BCUT2D eigenvalue weighted by Gasteiger charge is 2.28. The van der Waals surface area contributed by atoms with E-state index in [1.165, 1.54) is 19.2 Å². The third-order valence-corrected chi connectivity index (χ3v) is 3.79. The molecule has 0 aliphatic carbocycles. The fraction of sp³-hybridized carbons (Fsp3) is 0.385. The summed E-state index contributed by atoms with van der Waals surface area (Å²) in [7, 11) is 1.29. The maximum absolute atomic E-state index is 13.4. The molecular formula is C13H14BrFN2O3. The summed E-state index contributed by atoms with van der Waals surface area (Å²) in [5, 5.41) is 2.65. The minimum absolute atomic E-state index is 0.133. The minimum atomic E-state index is -0.515. The normalized spacial score (nSPS) is 17.9. The first-order valence-electron chi connectivity index (χ1n) is 6.10. The molecule has 0 radical (unpaired) electrons. The van der Waals surface area contributed by atoms with Crippen LogP contribution in [0.25, 0.3) is 0 Å². The summed E-state index contributed by atoms with van der Waals surface area (Å²) >= 11 is 3.05. The maximum Gasteiger partial charge on any atom is 0.407 e. The fourth-order valence-electron chi connectivity index (χ4n) is 2.10. The van der Waals surface area contributed by atoms with Gasteiger partial charge in [-0.3, -0.25) is 4.79 Å². The highest BCUT2D eigenvalue weighted by Crippen LogP contribution is 2.19. The Bertz CT molecular complexity index is 538. The Morgan fingerprint density at radius 2 is 2.25 bits per heavy atom. The van der Waals surface area contributed by atoms with Gasteiger partial charge in [-0.05, 0) is 40.5 Å². The smallest absolute Gasteiger partial charge is 0.407 e. The number of ether oxygens (including phenoxy) is 1. The molecule has 0 aromatic heterocycles. The first-order chi connectivity index (χ1) is 9.51. The van der Waals surface area contributed by atoms with Crippen LogP contribution in [0.5, 0.6) is 0 Å². The van der Waals surface area contributed by atoms with Crippen LogP contribution in [0.3, 0.4) is 0 Å². The number of benzene rings is 1. The van der Waals surface area contributed by atoms with E-state index >= 15 is 0 Å². The van der Waals surface area contributed by atoms with Crippen LogP contribution in [0.2, 0.25) is 0 Å². The van der Waals surface area contributed by atoms with Crippen LogP contribution in [0.4, 0.5) is 9.18 Å². The Morgan fingerprint density at radius 3 is 2.90 bits per heavy atom. The molecule has 2 amide bonds. The molecule has 1 aliphatic rings. The number of amides is 2. The Hall–Kier alpha value is -1.63.